The van der Waals surface area contributed by atoms with E-state index in [-0.39, 0.29) is 24.5 Å². The van der Waals surface area contributed by atoms with Crippen LogP contribution in [0.15, 0.2) is 48.9 Å². The SMILES string of the molecule is CCOC(=O)C(NC(=O)c1cnc(Oc2ccc3c(c2)CC[C@@H](c2cccnc2)O3)s1)C(C)C. The highest BCUT2D eigenvalue weighted by Gasteiger charge is 2.27. The van der Waals surface area contributed by atoms with Gasteiger partial charge in [0, 0.05) is 18.0 Å². The Balaban J connectivity index is 1.40. The first kappa shape index (κ1) is 23.7. The van der Waals surface area contributed by atoms with Gasteiger partial charge in [-0.25, -0.2) is 9.78 Å². The third kappa shape index (κ3) is 5.53. The van der Waals surface area contributed by atoms with Crippen molar-refractivity contribution >= 4 is 23.2 Å². The lowest BCUT2D eigenvalue weighted by Crippen LogP contribution is -2.45. The molecular weight excluding hydrogens is 454 g/mol. The zero-order valence-corrected chi connectivity index (χ0v) is 20.1. The number of hydrogen-bond acceptors (Lipinski definition) is 8. The highest BCUT2D eigenvalue weighted by atomic mass is 32.1. The van der Waals surface area contributed by atoms with Crippen molar-refractivity contribution in [1.82, 2.24) is 15.3 Å². The van der Waals surface area contributed by atoms with E-state index in [2.05, 4.69) is 15.3 Å². The summed E-state index contributed by atoms with van der Waals surface area (Å²) in [5.74, 6) is 0.496. The second-order valence-electron chi connectivity index (χ2n) is 8.24. The number of rotatable bonds is 8. The van der Waals surface area contributed by atoms with Crippen molar-refractivity contribution in [2.24, 2.45) is 5.92 Å². The Labute approximate surface area is 202 Å². The normalized spacial score (nSPS) is 15.7. The van der Waals surface area contributed by atoms with Crippen LogP contribution in [0.1, 0.15) is 54.1 Å². The molecule has 1 aromatic carbocycles. The van der Waals surface area contributed by atoms with Gasteiger partial charge in [-0.3, -0.25) is 9.78 Å². The Morgan fingerprint density at radius 2 is 2.12 bits per heavy atom. The van der Waals surface area contributed by atoms with Gasteiger partial charge >= 0.3 is 5.97 Å². The lowest BCUT2D eigenvalue weighted by Gasteiger charge is -2.26. The summed E-state index contributed by atoms with van der Waals surface area (Å²) in [5.41, 5.74) is 2.12. The predicted molar refractivity (Wildman–Crippen MR) is 127 cm³/mol. The second-order valence-corrected chi connectivity index (χ2v) is 9.23. The lowest BCUT2D eigenvalue weighted by atomic mass is 9.98. The number of hydrogen-bond donors (Lipinski definition) is 1. The van der Waals surface area contributed by atoms with Crippen molar-refractivity contribution in [2.45, 2.75) is 45.8 Å². The van der Waals surface area contributed by atoms with E-state index in [1.165, 1.54) is 6.20 Å². The first-order chi connectivity index (χ1) is 16.4. The fraction of sp³-hybridized carbons (Fsp3) is 0.360. The number of aromatic nitrogens is 2. The van der Waals surface area contributed by atoms with Gasteiger partial charge in [0.2, 0.25) is 0 Å². The molecule has 3 aromatic rings. The molecule has 0 fully saturated rings. The van der Waals surface area contributed by atoms with Crippen LogP contribution in [-0.4, -0.2) is 34.5 Å². The minimum Gasteiger partial charge on any atom is -0.485 e. The Kier molecular flexibility index (Phi) is 7.42. The largest absolute Gasteiger partial charge is 0.485 e. The molecule has 2 atom stereocenters. The van der Waals surface area contributed by atoms with Gasteiger partial charge in [-0.2, -0.15) is 0 Å². The smallest absolute Gasteiger partial charge is 0.328 e. The molecule has 0 bridgehead atoms. The Morgan fingerprint density at radius 3 is 2.85 bits per heavy atom. The predicted octanol–water partition coefficient (Wildman–Crippen LogP) is 4.71. The van der Waals surface area contributed by atoms with E-state index < -0.39 is 12.0 Å². The van der Waals surface area contributed by atoms with Crippen molar-refractivity contribution in [3.05, 3.63) is 64.9 Å². The molecule has 4 rings (SSSR count). The minimum atomic E-state index is -0.727. The summed E-state index contributed by atoms with van der Waals surface area (Å²) >= 11 is 1.11. The van der Waals surface area contributed by atoms with E-state index in [9.17, 15) is 9.59 Å². The number of benzene rings is 1. The number of thiazole rings is 1. The molecular formula is C25H27N3O5S. The molecule has 1 aliphatic heterocycles. The fourth-order valence-electron chi connectivity index (χ4n) is 3.68. The number of carbonyl (C=O) groups is 2. The van der Waals surface area contributed by atoms with Gasteiger partial charge in [0.15, 0.2) is 0 Å². The van der Waals surface area contributed by atoms with E-state index in [1.807, 2.05) is 50.4 Å². The summed E-state index contributed by atoms with van der Waals surface area (Å²) in [5, 5.41) is 3.07. The molecule has 1 N–H and O–H groups in total. The molecule has 0 saturated carbocycles. The standard InChI is InChI=1S/C25H27N3O5S/c1-4-31-24(30)22(15(2)3)28-23(29)21-14-27-25(34-21)32-18-8-10-19-16(12-18)7-9-20(33-19)17-6-5-11-26-13-17/h5-6,8,10-15,20,22H,4,7,9H2,1-3H3,(H,28,29)/t20-,22?/m0/s1. The number of pyridine rings is 1. The molecule has 0 spiro atoms. The maximum Gasteiger partial charge on any atom is 0.328 e. The van der Waals surface area contributed by atoms with E-state index in [0.717, 1.165) is 41.1 Å². The van der Waals surface area contributed by atoms with Gasteiger partial charge in [-0.1, -0.05) is 31.3 Å². The highest BCUT2D eigenvalue weighted by Crippen LogP contribution is 2.37. The summed E-state index contributed by atoms with van der Waals surface area (Å²) in [7, 11) is 0. The van der Waals surface area contributed by atoms with Crippen molar-refractivity contribution in [3.8, 4) is 16.7 Å². The summed E-state index contributed by atoms with van der Waals surface area (Å²) in [4.78, 5) is 33.5. The molecule has 3 heterocycles. The number of esters is 1. The summed E-state index contributed by atoms with van der Waals surface area (Å²) in [6.45, 7) is 5.69. The van der Waals surface area contributed by atoms with Gasteiger partial charge < -0.3 is 19.5 Å². The van der Waals surface area contributed by atoms with E-state index >= 15 is 0 Å². The van der Waals surface area contributed by atoms with Gasteiger partial charge in [-0.05, 0) is 55.5 Å². The van der Waals surface area contributed by atoms with E-state index in [1.54, 1.807) is 13.1 Å². The first-order valence-electron chi connectivity index (χ1n) is 11.2. The second kappa shape index (κ2) is 10.6. The van der Waals surface area contributed by atoms with Crippen LogP contribution in [0.4, 0.5) is 0 Å². The van der Waals surface area contributed by atoms with Crippen LogP contribution in [0.25, 0.3) is 0 Å². The number of nitrogens with zero attached hydrogens (tertiary/aromatic N) is 2. The van der Waals surface area contributed by atoms with E-state index in [0.29, 0.717) is 15.8 Å². The number of amides is 1. The first-order valence-corrected chi connectivity index (χ1v) is 12.1. The number of fused-ring (bicyclic) bond motifs is 1. The molecule has 0 aliphatic carbocycles. The molecule has 1 aliphatic rings. The zero-order valence-electron chi connectivity index (χ0n) is 19.3. The molecule has 34 heavy (non-hydrogen) atoms. The highest BCUT2D eigenvalue weighted by molar-refractivity contribution is 7.15. The average Bonchev–Trinajstić information content (AvgIpc) is 3.31. The fourth-order valence-corrected chi connectivity index (χ4v) is 4.37. The van der Waals surface area contributed by atoms with Crippen LogP contribution in [0, 0.1) is 5.92 Å². The molecule has 178 valence electrons. The van der Waals surface area contributed by atoms with Gasteiger partial charge in [0.25, 0.3) is 11.1 Å². The summed E-state index contributed by atoms with van der Waals surface area (Å²) < 4.78 is 17.1. The van der Waals surface area contributed by atoms with Gasteiger partial charge in [0.05, 0.1) is 12.8 Å². The summed E-state index contributed by atoms with van der Waals surface area (Å²) in [6, 6.07) is 8.85. The summed E-state index contributed by atoms with van der Waals surface area (Å²) in [6.07, 6.45) is 6.71. The lowest BCUT2D eigenvalue weighted by molar-refractivity contribution is -0.146. The van der Waals surface area contributed by atoms with Crippen LogP contribution >= 0.6 is 11.3 Å². The quantitative estimate of drug-likeness (QED) is 0.465. The third-order valence-electron chi connectivity index (χ3n) is 5.44. The van der Waals surface area contributed by atoms with Gasteiger partial charge in [-0.15, -0.1) is 0 Å². The Hall–Kier alpha value is -3.46. The number of carbonyl (C=O) groups excluding carboxylic acids is 2. The molecule has 1 unspecified atom stereocenters. The average molecular weight is 482 g/mol. The van der Waals surface area contributed by atoms with Crippen LogP contribution < -0.4 is 14.8 Å². The van der Waals surface area contributed by atoms with E-state index in [4.69, 9.17) is 14.2 Å². The number of ether oxygens (including phenoxy) is 3. The van der Waals surface area contributed by atoms with Gasteiger partial charge in [0.1, 0.15) is 28.5 Å². The van der Waals surface area contributed by atoms with Crippen molar-refractivity contribution in [2.75, 3.05) is 6.61 Å². The van der Waals surface area contributed by atoms with Crippen LogP contribution in [-0.2, 0) is 16.0 Å². The van der Waals surface area contributed by atoms with Crippen LogP contribution in [0.5, 0.6) is 16.7 Å². The van der Waals surface area contributed by atoms with Crippen LogP contribution in [0.2, 0.25) is 0 Å². The zero-order chi connectivity index (χ0) is 24.1. The monoisotopic (exact) mass is 481 g/mol. The molecule has 2 aromatic heterocycles. The maximum absolute atomic E-state index is 12.6. The molecule has 1 amide bonds. The topological polar surface area (TPSA) is 99.6 Å². The third-order valence-corrected chi connectivity index (χ3v) is 6.31. The maximum atomic E-state index is 12.6. The molecule has 0 radical (unpaired) electrons. The minimum absolute atomic E-state index is 0.0164. The Morgan fingerprint density at radius 1 is 1.26 bits per heavy atom. The van der Waals surface area contributed by atoms with Crippen molar-refractivity contribution in [1.29, 1.82) is 0 Å². The number of aryl methyl sites for hydroxylation is 1. The molecule has 8 nitrogen and oxygen atoms in total. The number of nitrogens with one attached hydrogen (secondary N) is 1. The Bertz CT molecular complexity index is 1150. The molecule has 9 heteroatoms. The van der Waals surface area contributed by atoms with Crippen molar-refractivity contribution < 1.29 is 23.8 Å². The van der Waals surface area contributed by atoms with Crippen molar-refractivity contribution in [3.63, 3.8) is 0 Å². The molecule has 0 saturated heterocycles. The van der Waals surface area contributed by atoms with Crippen LogP contribution in [0.3, 0.4) is 0 Å².